The minimum absolute atomic E-state index is 0.162. The van der Waals surface area contributed by atoms with Crippen LogP contribution in [0.15, 0.2) is 29.3 Å². The Hall–Kier alpha value is -1.40. The number of thioether (sulfide) groups is 1. The molecule has 0 spiro atoms. The molecule has 1 fully saturated rings. The van der Waals surface area contributed by atoms with Crippen LogP contribution in [-0.2, 0) is 0 Å². The lowest BCUT2D eigenvalue weighted by Gasteiger charge is -2.36. The minimum atomic E-state index is -0.162. The lowest BCUT2D eigenvalue weighted by molar-refractivity contribution is 0.0955. The number of carbonyl (C=O) groups is 1. The lowest BCUT2D eigenvalue weighted by Crippen LogP contribution is -2.49. The van der Waals surface area contributed by atoms with Gasteiger partial charge in [-0.3, -0.25) is 9.79 Å². The summed E-state index contributed by atoms with van der Waals surface area (Å²) in [6.45, 7) is 10.5. The molecule has 1 amide bonds. The van der Waals surface area contributed by atoms with Crippen molar-refractivity contribution in [1.82, 2.24) is 15.5 Å². The van der Waals surface area contributed by atoms with Crippen molar-refractivity contribution in [1.29, 1.82) is 0 Å². The van der Waals surface area contributed by atoms with E-state index in [-0.39, 0.29) is 5.91 Å². The molecule has 1 aromatic rings. The number of halogens is 1. The molecule has 0 bridgehead atoms. The molecule has 1 atom stereocenters. The van der Waals surface area contributed by atoms with Crippen molar-refractivity contribution in [3.8, 4) is 0 Å². The summed E-state index contributed by atoms with van der Waals surface area (Å²) in [5.74, 6) is 2.55. The molecule has 1 saturated heterocycles. The van der Waals surface area contributed by atoms with Crippen LogP contribution in [0.1, 0.15) is 31.1 Å². The van der Waals surface area contributed by atoms with Crippen molar-refractivity contribution in [2.24, 2.45) is 10.9 Å². The third-order valence-electron chi connectivity index (χ3n) is 4.25. The molecule has 0 saturated carbocycles. The van der Waals surface area contributed by atoms with Crippen molar-refractivity contribution < 1.29 is 4.79 Å². The van der Waals surface area contributed by atoms with Crippen LogP contribution in [0.25, 0.3) is 0 Å². The summed E-state index contributed by atoms with van der Waals surface area (Å²) in [4.78, 5) is 19.2. The van der Waals surface area contributed by atoms with Crippen molar-refractivity contribution in [2.75, 3.05) is 38.5 Å². The minimum Gasteiger partial charge on any atom is -0.357 e. The molecule has 0 aromatic heterocycles. The first-order chi connectivity index (χ1) is 12.5. The molecular formula is C19H29ClN4OS. The van der Waals surface area contributed by atoms with E-state index in [1.807, 2.05) is 23.9 Å². The largest absolute Gasteiger partial charge is 0.357 e. The Balaban J connectivity index is 1.88. The third-order valence-corrected chi connectivity index (χ3v) is 6.12. The molecule has 2 N–H and O–H groups in total. The Labute approximate surface area is 166 Å². The number of hydrogen-bond donors (Lipinski definition) is 2. The highest BCUT2D eigenvalue weighted by molar-refractivity contribution is 8.00. The topological polar surface area (TPSA) is 56.7 Å². The summed E-state index contributed by atoms with van der Waals surface area (Å²) in [5, 5.41) is 7.36. The number of nitrogens with zero attached hydrogens (tertiary/aromatic N) is 2. The summed E-state index contributed by atoms with van der Waals surface area (Å²) in [6, 6.07) is 7.06. The SMILES string of the molecule is CCNC(=NCCNC(=O)c1ccccc1Cl)N1CCSC(C(C)C)C1. The number of amides is 1. The van der Waals surface area contributed by atoms with Gasteiger partial charge in [-0.1, -0.05) is 37.6 Å². The van der Waals surface area contributed by atoms with Crippen LogP contribution < -0.4 is 10.6 Å². The number of carbonyl (C=O) groups excluding carboxylic acids is 1. The van der Waals surface area contributed by atoms with Crippen LogP contribution >= 0.6 is 23.4 Å². The third kappa shape index (κ3) is 6.09. The fourth-order valence-electron chi connectivity index (χ4n) is 2.77. The van der Waals surface area contributed by atoms with Gasteiger partial charge in [0, 0.05) is 37.2 Å². The summed E-state index contributed by atoms with van der Waals surface area (Å²) < 4.78 is 0. The van der Waals surface area contributed by atoms with Crippen molar-refractivity contribution in [3.05, 3.63) is 34.9 Å². The van der Waals surface area contributed by atoms with Gasteiger partial charge in [0.1, 0.15) is 0 Å². The first kappa shape index (κ1) is 20.9. The van der Waals surface area contributed by atoms with Crippen molar-refractivity contribution in [2.45, 2.75) is 26.0 Å². The van der Waals surface area contributed by atoms with Gasteiger partial charge in [0.05, 0.1) is 17.1 Å². The van der Waals surface area contributed by atoms with Gasteiger partial charge in [0.2, 0.25) is 0 Å². The molecule has 1 heterocycles. The number of hydrogen-bond acceptors (Lipinski definition) is 3. The maximum atomic E-state index is 12.2. The van der Waals surface area contributed by atoms with Gasteiger partial charge in [-0.15, -0.1) is 0 Å². The van der Waals surface area contributed by atoms with E-state index in [9.17, 15) is 4.79 Å². The Morgan fingerprint density at radius 3 is 2.85 bits per heavy atom. The smallest absolute Gasteiger partial charge is 0.252 e. The maximum absolute atomic E-state index is 12.2. The average Bonchev–Trinajstić information content (AvgIpc) is 2.64. The van der Waals surface area contributed by atoms with E-state index < -0.39 is 0 Å². The summed E-state index contributed by atoms with van der Waals surface area (Å²) in [5.41, 5.74) is 0.498. The molecule has 26 heavy (non-hydrogen) atoms. The number of nitrogens with one attached hydrogen (secondary N) is 2. The van der Waals surface area contributed by atoms with Gasteiger partial charge in [-0.25, -0.2) is 0 Å². The first-order valence-corrected chi connectivity index (χ1v) is 10.6. The molecule has 144 valence electrons. The Morgan fingerprint density at radius 1 is 1.38 bits per heavy atom. The lowest BCUT2D eigenvalue weighted by atomic mass is 10.1. The van der Waals surface area contributed by atoms with Crippen LogP contribution in [0.3, 0.4) is 0 Å². The molecule has 1 aromatic carbocycles. The van der Waals surface area contributed by atoms with Gasteiger partial charge in [-0.05, 0) is 25.0 Å². The number of benzene rings is 1. The van der Waals surface area contributed by atoms with Crippen LogP contribution in [-0.4, -0.2) is 60.5 Å². The van der Waals surface area contributed by atoms with E-state index in [1.54, 1.807) is 12.1 Å². The van der Waals surface area contributed by atoms with E-state index in [4.69, 9.17) is 16.6 Å². The van der Waals surface area contributed by atoms with Gasteiger partial charge in [0.25, 0.3) is 5.91 Å². The highest BCUT2D eigenvalue weighted by atomic mass is 35.5. The van der Waals surface area contributed by atoms with Crippen LogP contribution in [0, 0.1) is 5.92 Å². The standard InChI is InChI=1S/C19H29ClN4OS/c1-4-21-19(24-11-12-26-17(13-24)14(2)3)23-10-9-22-18(25)15-7-5-6-8-16(15)20/h5-8,14,17H,4,9-13H2,1-3H3,(H,21,23)(H,22,25). The Kier molecular flexibility index (Phi) is 8.59. The molecule has 5 nitrogen and oxygen atoms in total. The monoisotopic (exact) mass is 396 g/mol. The van der Waals surface area contributed by atoms with E-state index in [1.165, 1.54) is 0 Å². The Bertz CT molecular complexity index is 623. The predicted octanol–water partition coefficient (Wildman–Crippen LogP) is 3.11. The van der Waals surface area contributed by atoms with Gasteiger partial charge < -0.3 is 15.5 Å². The van der Waals surface area contributed by atoms with Crippen LogP contribution in [0.4, 0.5) is 0 Å². The molecule has 0 aliphatic carbocycles. The van der Waals surface area contributed by atoms with E-state index in [0.717, 1.165) is 31.3 Å². The zero-order chi connectivity index (χ0) is 18.9. The quantitative estimate of drug-likeness (QED) is 0.440. The molecule has 1 unspecified atom stereocenters. The number of guanidine groups is 1. The normalized spacial score (nSPS) is 18.1. The zero-order valence-corrected chi connectivity index (χ0v) is 17.4. The van der Waals surface area contributed by atoms with Crippen molar-refractivity contribution in [3.63, 3.8) is 0 Å². The van der Waals surface area contributed by atoms with Crippen LogP contribution in [0.2, 0.25) is 5.02 Å². The molecule has 0 radical (unpaired) electrons. The number of rotatable bonds is 6. The molecule has 1 aliphatic heterocycles. The summed E-state index contributed by atoms with van der Waals surface area (Å²) >= 11 is 8.11. The van der Waals surface area contributed by atoms with Gasteiger partial charge >= 0.3 is 0 Å². The van der Waals surface area contributed by atoms with E-state index >= 15 is 0 Å². The molecule has 1 aliphatic rings. The second-order valence-electron chi connectivity index (χ2n) is 6.57. The second kappa shape index (κ2) is 10.7. The summed E-state index contributed by atoms with van der Waals surface area (Å²) in [7, 11) is 0. The summed E-state index contributed by atoms with van der Waals surface area (Å²) in [6.07, 6.45) is 0. The Morgan fingerprint density at radius 2 is 2.15 bits per heavy atom. The van der Waals surface area contributed by atoms with E-state index in [0.29, 0.717) is 34.8 Å². The fourth-order valence-corrected chi connectivity index (χ4v) is 4.29. The maximum Gasteiger partial charge on any atom is 0.252 e. The van der Waals surface area contributed by atoms with Crippen LogP contribution in [0.5, 0.6) is 0 Å². The van der Waals surface area contributed by atoms with Gasteiger partial charge in [0.15, 0.2) is 5.96 Å². The highest BCUT2D eigenvalue weighted by Gasteiger charge is 2.24. The molecule has 2 rings (SSSR count). The zero-order valence-electron chi connectivity index (χ0n) is 15.8. The van der Waals surface area contributed by atoms with Gasteiger partial charge in [-0.2, -0.15) is 11.8 Å². The van der Waals surface area contributed by atoms with Crippen molar-refractivity contribution >= 4 is 35.2 Å². The fraction of sp³-hybridized carbons (Fsp3) is 0.579. The second-order valence-corrected chi connectivity index (χ2v) is 8.32. The highest BCUT2D eigenvalue weighted by Crippen LogP contribution is 2.24. The molecule has 7 heteroatoms. The van der Waals surface area contributed by atoms with E-state index in [2.05, 4.69) is 36.3 Å². The average molecular weight is 397 g/mol. The molecular weight excluding hydrogens is 368 g/mol. The number of aliphatic imine (C=N–C) groups is 1. The first-order valence-electron chi connectivity index (χ1n) is 9.20. The predicted molar refractivity (Wildman–Crippen MR) is 112 cm³/mol.